The van der Waals surface area contributed by atoms with Gasteiger partial charge in [-0.25, -0.2) is 0 Å². The van der Waals surface area contributed by atoms with Crippen molar-refractivity contribution in [2.75, 3.05) is 25.0 Å². The number of rotatable bonds is 10. The van der Waals surface area contributed by atoms with Crippen LogP contribution in [-0.4, -0.2) is 75.1 Å². The second kappa shape index (κ2) is 14.7. The van der Waals surface area contributed by atoms with Gasteiger partial charge < -0.3 is 26.0 Å². The van der Waals surface area contributed by atoms with Crippen LogP contribution in [0.4, 0.5) is 5.69 Å². The number of benzene rings is 3. The molecular weight excluding hydrogens is 672 g/mol. The molecule has 0 saturated carbocycles. The number of carbonyl (C=O) groups excluding carboxylic acids is 5. The summed E-state index contributed by atoms with van der Waals surface area (Å²) in [7, 11) is 0. The number of imide groups is 1. The zero-order valence-corrected chi connectivity index (χ0v) is 29.9. The van der Waals surface area contributed by atoms with Crippen molar-refractivity contribution in [3.05, 3.63) is 100 Å². The van der Waals surface area contributed by atoms with E-state index in [9.17, 15) is 29.1 Å². The second-order valence-electron chi connectivity index (χ2n) is 14.4. The summed E-state index contributed by atoms with van der Waals surface area (Å²) >= 11 is 0. The van der Waals surface area contributed by atoms with Crippen molar-refractivity contribution < 1.29 is 29.1 Å². The molecule has 2 saturated heterocycles. The zero-order chi connectivity index (χ0) is 37.4. The van der Waals surface area contributed by atoms with E-state index in [0.29, 0.717) is 67.1 Å². The Morgan fingerprint density at radius 3 is 2.55 bits per heavy atom. The maximum Gasteiger partial charge on any atom is 0.255 e. The highest BCUT2D eigenvalue weighted by atomic mass is 16.3. The van der Waals surface area contributed by atoms with Crippen molar-refractivity contribution in [2.45, 2.75) is 64.5 Å². The fourth-order valence-corrected chi connectivity index (χ4v) is 8.29. The van der Waals surface area contributed by atoms with E-state index in [1.165, 1.54) is 0 Å². The Bertz CT molecular complexity index is 2130. The predicted octanol–water partition coefficient (Wildman–Crippen LogP) is 4.62. The number of anilines is 1. The Morgan fingerprint density at radius 2 is 1.81 bits per heavy atom. The first kappa shape index (κ1) is 35.6. The molecule has 53 heavy (non-hydrogen) atoms. The van der Waals surface area contributed by atoms with Crippen LogP contribution in [0.25, 0.3) is 10.9 Å². The maximum absolute atomic E-state index is 13.9. The molecule has 12 heteroatoms. The average molecular weight is 717 g/mol. The van der Waals surface area contributed by atoms with Gasteiger partial charge in [0, 0.05) is 84.0 Å². The minimum atomic E-state index is -0.669. The number of phenols is 1. The molecule has 7 rings (SSSR count). The number of phenolic OH excluding ortho intramolecular Hbond substituents is 1. The lowest BCUT2D eigenvalue weighted by atomic mass is 9.77. The SMILES string of the molecule is CCC(C(N)=O)C(c1cccc(C(=O)N2CCC(CNc3cccc4c3CN(C3CCC(=O)NC3=O)C4=O)CC2)c1)c1cc(C)c2cccnc2c1O. The van der Waals surface area contributed by atoms with Gasteiger partial charge >= 0.3 is 0 Å². The van der Waals surface area contributed by atoms with Gasteiger partial charge in [0.2, 0.25) is 17.7 Å². The molecule has 5 N–H and O–H groups in total. The molecular formula is C41H44N6O6. The van der Waals surface area contributed by atoms with Crippen LogP contribution in [0.1, 0.15) is 87.9 Å². The molecule has 3 aromatic carbocycles. The molecule has 3 unspecified atom stereocenters. The van der Waals surface area contributed by atoms with Gasteiger partial charge in [-0.05, 0) is 80.0 Å². The third-order valence-corrected chi connectivity index (χ3v) is 11.2. The van der Waals surface area contributed by atoms with Crippen molar-refractivity contribution in [1.82, 2.24) is 20.1 Å². The third-order valence-electron chi connectivity index (χ3n) is 11.2. The molecule has 0 spiro atoms. The topological polar surface area (TPSA) is 175 Å². The molecule has 3 atom stereocenters. The molecule has 5 amide bonds. The van der Waals surface area contributed by atoms with E-state index >= 15 is 0 Å². The lowest BCUT2D eigenvalue weighted by Crippen LogP contribution is -2.52. The van der Waals surface area contributed by atoms with E-state index in [0.717, 1.165) is 40.6 Å². The number of aryl methyl sites for hydroxylation is 1. The number of aromatic nitrogens is 1. The summed E-state index contributed by atoms with van der Waals surface area (Å²) in [6.45, 7) is 5.94. The number of hydrogen-bond donors (Lipinski definition) is 4. The molecule has 0 radical (unpaired) electrons. The van der Waals surface area contributed by atoms with Crippen molar-refractivity contribution in [1.29, 1.82) is 0 Å². The Morgan fingerprint density at radius 1 is 1.04 bits per heavy atom. The largest absolute Gasteiger partial charge is 0.505 e. The van der Waals surface area contributed by atoms with Crippen molar-refractivity contribution in [3.63, 3.8) is 0 Å². The van der Waals surface area contributed by atoms with Crippen LogP contribution in [0.2, 0.25) is 0 Å². The smallest absolute Gasteiger partial charge is 0.255 e. The molecule has 1 aromatic heterocycles. The number of nitrogens with one attached hydrogen (secondary N) is 2. The van der Waals surface area contributed by atoms with Crippen LogP contribution >= 0.6 is 0 Å². The summed E-state index contributed by atoms with van der Waals surface area (Å²) in [5, 5.41) is 18.2. The Labute approximate surface area is 307 Å². The van der Waals surface area contributed by atoms with E-state index in [-0.39, 0.29) is 29.9 Å². The Hall–Kier alpha value is -5.78. The number of primary amides is 1. The number of aromatic hydroxyl groups is 1. The van der Waals surface area contributed by atoms with Gasteiger partial charge in [0.1, 0.15) is 17.3 Å². The maximum atomic E-state index is 13.9. The highest BCUT2D eigenvalue weighted by Gasteiger charge is 2.40. The minimum Gasteiger partial charge on any atom is -0.505 e. The van der Waals surface area contributed by atoms with Gasteiger partial charge in [0.15, 0.2) is 0 Å². The summed E-state index contributed by atoms with van der Waals surface area (Å²) in [6, 6.07) is 17.8. The number of hydrogen-bond acceptors (Lipinski definition) is 8. The number of fused-ring (bicyclic) bond motifs is 2. The van der Waals surface area contributed by atoms with Gasteiger partial charge in [-0.2, -0.15) is 0 Å². The minimum absolute atomic E-state index is 0.00186. The van der Waals surface area contributed by atoms with Crippen molar-refractivity contribution >= 4 is 46.1 Å². The molecule has 4 aromatic rings. The van der Waals surface area contributed by atoms with Crippen LogP contribution in [0, 0.1) is 18.8 Å². The quantitative estimate of drug-likeness (QED) is 0.172. The Balaban J connectivity index is 1.03. The van der Waals surface area contributed by atoms with Gasteiger partial charge in [-0.1, -0.05) is 37.3 Å². The fourth-order valence-electron chi connectivity index (χ4n) is 8.29. The Kier molecular flexibility index (Phi) is 9.87. The number of nitrogens with two attached hydrogens (primary N) is 1. The lowest BCUT2D eigenvalue weighted by Gasteiger charge is -2.33. The number of nitrogens with zero attached hydrogens (tertiary/aromatic N) is 3. The fraction of sp³-hybridized carbons (Fsp3) is 0.366. The molecule has 0 aliphatic carbocycles. The first-order valence-electron chi connectivity index (χ1n) is 18.3. The molecule has 12 nitrogen and oxygen atoms in total. The van der Waals surface area contributed by atoms with Gasteiger partial charge in [-0.15, -0.1) is 0 Å². The van der Waals surface area contributed by atoms with E-state index in [4.69, 9.17) is 5.73 Å². The first-order valence-corrected chi connectivity index (χ1v) is 18.3. The van der Waals surface area contributed by atoms with Gasteiger partial charge in [0.05, 0.1) is 0 Å². The average Bonchev–Trinajstić information content (AvgIpc) is 3.50. The lowest BCUT2D eigenvalue weighted by molar-refractivity contribution is -0.137. The zero-order valence-electron chi connectivity index (χ0n) is 29.9. The number of carbonyl (C=O) groups is 5. The predicted molar refractivity (Wildman–Crippen MR) is 199 cm³/mol. The highest BCUT2D eigenvalue weighted by molar-refractivity contribution is 6.06. The summed E-state index contributed by atoms with van der Waals surface area (Å²) < 4.78 is 0. The summed E-state index contributed by atoms with van der Waals surface area (Å²) in [4.78, 5) is 71.9. The van der Waals surface area contributed by atoms with Crippen LogP contribution in [0.5, 0.6) is 5.75 Å². The van der Waals surface area contributed by atoms with Crippen LogP contribution < -0.4 is 16.4 Å². The van der Waals surface area contributed by atoms with Crippen LogP contribution in [-0.2, 0) is 20.9 Å². The third kappa shape index (κ3) is 6.81. The summed E-state index contributed by atoms with van der Waals surface area (Å²) in [5.74, 6) is -2.45. The summed E-state index contributed by atoms with van der Waals surface area (Å²) in [6.07, 6.45) is 4.16. The second-order valence-corrected chi connectivity index (χ2v) is 14.4. The van der Waals surface area contributed by atoms with Crippen LogP contribution in [0.15, 0.2) is 66.9 Å². The number of piperidine rings is 2. The van der Waals surface area contributed by atoms with E-state index in [1.54, 1.807) is 23.2 Å². The van der Waals surface area contributed by atoms with E-state index < -0.39 is 29.7 Å². The molecule has 4 heterocycles. The normalized spacial score (nSPS) is 18.8. The number of pyridine rings is 1. The van der Waals surface area contributed by atoms with Crippen molar-refractivity contribution in [3.8, 4) is 5.75 Å². The molecule has 2 fully saturated rings. The van der Waals surface area contributed by atoms with Crippen molar-refractivity contribution in [2.24, 2.45) is 17.6 Å². The number of amides is 5. The standard InChI is InChI=1S/C41H44N6O6/c1-3-27(38(42)50)35(30-19-23(2)28-10-6-16-43-36(28)37(30)49)25-7-4-8-26(20-25)40(52)46-17-14-24(15-18-46)21-44-32-11-5-9-29-31(32)22-47(41(29)53)33-12-13-34(48)45-39(33)51/h4-11,16,19-20,24,27,33,35,44,49H,3,12-15,17-18,21-22H2,1-2H3,(H2,42,50)(H,45,48,51). The molecule has 274 valence electrons. The van der Waals surface area contributed by atoms with Gasteiger partial charge in [0.25, 0.3) is 11.8 Å². The summed E-state index contributed by atoms with van der Waals surface area (Å²) in [5.41, 5.74) is 11.3. The monoisotopic (exact) mass is 716 g/mol. The van der Waals surface area contributed by atoms with Gasteiger partial charge in [-0.3, -0.25) is 34.3 Å². The molecule has 3 aliphatic heterocycles. The first-order chi connectivity index (χ1) is 25.5. The van der Waals surface area contributed by atoms with E-state index in [1.807, 2.05) is 67.3 Å². The number of likely N-dealkylation sites (tertiary alicyclic amines) is 1. The molecule has 3 aliphatic rings. The molecule has 0 bridgehead atoms. The highest BCUT2D eigenvalue weighted by Crippen LogP contribution is 2.42. The van der Waals surface area contributed by atoms with E-state index in [2.05, 4.69) is 15.6 Å². The van der Waals surface area contributed by atoms with Crippen LogP contribution in [0.3, 0.4) is 0 Å².